The number of ketones is 1. The molecule has 2 aromatic rings. The normalized spacial score (nSPS) is 26.5. The number of carbonyl (C=O) groups is 1. The van der Waals surface area contributed by atoms with Gasteiger partial charge in [0.15, 0.2) is 5.78 Å². The summed E-state index contributed by atoms with van der Waals surface area (Å²) in [5.41, 5.74) is 15.0. The third-order valence-electron chi connectivity index (χ3n) is 11.1. The van der Waals surface area contributed by atoms with Crippen molar-refractivity contribution in [2.24, 2.45) is 16.2 Å². The van der Waals surface area contributed by atoms with Crippen LogP contribution in [0.5, 0.6) is 0 Å². The summed E-state index contributed by atoms with van der Waals surface area (Å²) in [4.78, 5) is 14.4. The number of rotatable bonds is 3. The van der Waals surface area contributed by atoms with Crippen LogP contribution >= 0.6 is 0 Å². The highest BCUT2D eigenvalue weighted by Gasteiger charge is 2.62. The van der Waals surface area contributed by atoms with E-state index in [4.69, 9.17) is 6.58 Å². The number of hydrogen-bond donors (Lipinski definition) is 0. The van der Waals surface area contributed by atoms with Gasteiger partial charge in [0, 0.05) is 16.7 Å². The van der Waals surface area contributed by atoms with Crippen LogP contribution in [0.1, 0.15) is 120 Å². The highest BCUT2D eigenvalue weighted by atomic mass is 16.1. The van der Waals surface area contributed by atoms with E-state index >= 15 is 0 Å². The summed E-state index contributed by atoms with van der Waals surface area (Å²) < 4.78 is 0. The smallest absolute Gasteiger partial charge is 0.173 e. The molecule has 3 aliphatic carbocycles. The van der Waals surface area contributed by atoms with E-state index in [0.29, 0.717) is 5.92 Å². The van der Waals surface area contributed by atoms with Gasteiger partial charge in [-0.05, 0) is 140 Å². The molecule has 1 heteroatoms. The van der Waals surface area contributed by atoms with Crippen LogP contribution in [0.15, 0.2) is 77.9 Å². The molecule has 1 nitrogen and oxygen atoms in total. The van der Waals surface area contributed by atoms with Crippen molar-refractivity contribution < 1.29 is 4.79 Å². The summed E-state index contributed by atoms with van der Waals surface area (Å²) in [5.74, 6) is 7.54. The molecule has 2 aromatic carbocycles. The van der Waals surface area contributed by atoms with Crippen LogP contribution in [-0.4, -0.2) is 5.78 Å². The van der Waals surface area contributed by atoms with E-state index in [1.165, 1.54) is 39.0 Å². The Kier molecular flexibility index (Phi) is 7.33. The average Bonchev–Trinajstić information content (AvgIpc) is 2.89. The first-order valence-electron chi connectivity index (χ1n) is 15.7. The Labute approximate surface area is 260 Å². The van der Waals surface area contributed by atoms with Crippen molar-refractivity contribution >= 4 is 16.9 Å². The second-order valence-corrected chi connectivity index (χ2v) is 14.8. The van der Waals surface area contributed by atoms with Gasteiger partial charge >= 0.3 is 0 Å². The van der Waals surface area contributed by atoms with Gasteiger partial charge in [-0.25, -0.2) is 0 Å². The van der Waals surface area contributed by atoms with Gasteiger partial charge in [0.25, 0.3) is 0 Å². The number of hydrogen-bond acceptors (Lipinski definition) is 1. The molecule has 0 heterocycles. The number of allylic oxidation sites excluding steroid dienone is 7. The Balaban J connectivity index is 1.71. The van der Waals surface area contributed by atoms with Gasteiger partial charge in [0.2, 0.25) is 0 Å². The third kappa shape index (κ3) is 4.49. The van der Waals surface area contributed by atoms with Crippen molar-refractivity contribution in [2.45, 2.75) is 94.4 Å². The zero-order chi connectivity index (χ0) is 31.8. The molecule has 0 saturated heterocycles. The lowest BCUT2D eigenvalue weighted by molar-refractivity contribution is -0.132. The number of fused-ring (bicyclic) bond motifs is 3. The number of Topliss-reactive ketones (excluding diaryl/α,β-unsaturated/α-hetero) is 1. The Morgan fingerprint density at radius 2 is 1.56 bits per heavy atom. The number of carbonyl (C=O) groups excluding carboxylic acids is 1. The lowest BCUT2D eigenvalue weighted by Crippen LogP contribution is -2.55. The Bertz CT molecular complexity index is 1760. The molecule has 3 atom stereocenters. The zero-order valence-electron chi connectivity index (χ0n) is 28.1. The number of benzene rings is 2. The first-order valence-corrected chi connectivity index (χ1v) is 15.7. The summed E-state index contributed by atoms with van der Waals surface area (Å²) in [6.07, 6.45) is 2.82. The van der Waals surface area contributed by atoms with Crippen LogP contribution in [0.2, 0.25) is 0 Å². The van der Waals surface area contributed by atoms with E-state index in [-0.39, 0.29) is 16.6 Å². The maximum Gasteiger partial charge on any atom is 0.173 e. The molecule has 3 aliphatic rings. The molecule has 0 radical (unpaired) electrons. The summed E-state index contributed by atoms with van der Waals surface area (Å²) in [6, 6.07) is 10.6. The fraction of sp³-hybridized carbons (Fsp3) is 0.405. The Morgan fingerprint density at radius 3 is 2.12 bits per heavy atom. The van der Waals surface area contributed by atoms with Gasteiger partial charge in [0.05, 0.1) is 5.41 Å². The minimum Gasteiger partial charge on any atom is -0.293 e. The molecule has 0 aromatic heterocycles. The standard InChI is InChI=1S/C42H48O/c1-24(2)32-17-14-31(15-18-32)16-19-33-20-34(25(3)4)35-22-40(11)23-41(12)21-27(7)36(26(5)6)39(43)42(41,13)30(10)38(40)29(9)37(35)28(33)8/h14-15,17-18,20,25H,1,5,9,21-23H2,2-4,6-8,10-13H3/t40-,41+,42+/m1/s1. The second-order valence-electron chi connectivity index (χ2n) is 14.8. The molecular weight excluding hydrogens is 520 g/mol. The van der Waals surface area contributed by atoms with Crippen LogP contribution in [0.25, 0.3) is 11.1 Å². The maximum absolute atomic E-state index is 14.4. The molecule has 0 amide bonds. The van der Waals surface area contributed by atoms with Crippen LogP contribution in [0, 0.1) is 35.0 Å². The maximum atomic E-state index is 14.4. The second kappa shape index (κ2) is 10.2. The summed E-state index contributed by atoms with van der Waals surface area (Å²) in [7, 11) is 0. The molecule has 222 valence electrons. The quantitative estimate of drug-likeness (QED) is 0.337. The van der Waals surface area contributed by atoms with Crippen molar-refractivity contribution in [1.29, 1.82) is 0 Å². The van der Waals surface area contributed by atoms with Crippen molar-refractivity contribution in [1.82, 2.24) is 0 Å². The molecular formula is C42H48O. The van der Waals surface area contributed by atoms with Crippen molar-refractivity contribution in [3.05, 3.63) is 117 Å². The van der Waals surface area contributed by atoms with Crippen molar-refractivity contribution in [3.8, 4) is 11.8 Å². The predicted molar refractivity (Wildman–Crippen MR) is 184 cm³/mol. The molecule has 0 unspecified atom stereocenters. The molecule has 0 N–H and O–H groups in total. The highest BCUT2D eigenvalue weighted by Crippen LogP contribution is 2.68. The zero-order valence-corrected chi connectivity index (χ0v) is 28.1. The molecule has 0 fully saturated rings. The van der Waals surface area contributed by atoms with Gasteiger partial charge in [-0.3, -0.25) is 4.79 Å². The topological polar surface area (TPSA) is 17.1 Å². The van der Waals surface area contributed by atoms with Crippen molar-refractivity contribution in [2.75, 3.05) is 0 Å². The van der Waals surface area contributed by atoms with E-state index in [1.807, 2.05) is 13.8 Å². The fourth-order valence-electron chi connectivity index (χ4n) is 8.98. The van der Waals surface area contributed by atoms with Crippen LogP contribution < -0.4 is 0 Å². The van der Waals surface area contributed by atoms with Gasteiger partial charge in [-0.2, -0.15) is 0 Å². The Morgan fingerprint density at radius 1 is 0.930 bits per heavy atom. The lowest BCUT2D eigenvalue weighted by atomic mass is 9.42. The first-order chi connectivity index (χ1) is 20.0. The third-order valence-corrected chi connectivity index (χ3v) is 11.1. The van der Waals surface area contributed by atoms with E-state index in [1.54, 1.807) is 0 Å². The molecule has 0 bridgehead atoms. The Hall–Kier alpha value is -3.63. The van der Waals surface area contributed by atoms with E-state index in [9.17, 15) is 4.79 Å². The molecule has 0 saturated carbocycles. The van der Waals surface area contributed by atoms with Crippen LogP contribution in [0.3, 0.4) is 0 Å². The van der Waals surface area contributed by atoms with Gasteiger partial charge in [-0.15, -0.1) is 0 Å². The fourth-order valence-corrected chi connectivity index (χ4v) is 8.98. The van der Waals surface area contributed by atoms with E-state index in [0.717, 1.165) is 58.2 Å². The van der Waals surface area contributed by atoms with Crippen LogP contribution in [-0.2, 0) is 11.2 Å². The minimum absolute atomic E-state index is 0.0992. The van der Waals surface area contributed by atoms with Crippen LogP contribution in [0.4, 0.5) is 0 Å². The van der Waals surface area contributed by atoms with E-state index < -0.39 is 5.41 Å². The largest absolute Gasteiger partial charge is 0.293 e. The monoisotopic (exact) mass is 568 g/mol. The molecule has 43 heavy (non-hydrogen) atoms. The minimum atomic E-state index is -0.599. The SMILES string of the molecule is C=C(C)C1=C(C)C[C@@]2(C)C[C@@]3(C)Cc4c(C(C)C)cc(C#Cc5ccc(C(=C)C)cc5)c(C)c4C(=C)C3=C(C)[C@@]2(C)C1=O. The summed E-state index contributed by atoms with van der Waals surface area (Å²) in [5, 5.41) is 0. The summed E-state index contributed by atoms with van der Waals surface area (Å²) in [6.45, 7) is 35.2. The molecule has 0 spiro atoms. The highest BCUT2D eigenvalue weighted by molar-refractivity contribution is 6.08. The van der Waals surface area contributed by atoms with Gasteiger partial charge in [0.1, 0.15) is 0 Å². The van der Waals surface area contributed by atoms with Gasteiger partial charge in [-0.1, -0.05) is 88.1 Å². The van der Waals surface area contributed by atoms with Gasteiger partial charge < -0.3 is 0 Å². The van der Waals surface area contributed by atoms with E-state index in [2.05, 4.69) is 111 Å². The summed E-state index contributed by atoms with van der Waals surface area (Å²) >= 11 is 0. The molecule has 0 aliphatic heterocycles. The predicted octanol–water partition coefficient (Wildman–Crippen LogP) is 10.7. The first kappa shape index (κ1) is 30.8. The van der Waals surface area contributed by atoms with Crippen molar-refractivity contribution in [3.63, 3.8) is 0 Å². The average molecular weight is 569 g/mol. The lowest BCUT2D eigenvalue weighted by Gasteiger charge is -2.60. The molecule has 5 rings (SSSR count).